The molecule has 1 N–H and O–H groups in total. The molecule has 3 amide bonds. The van der Waals surface area contributed by atoms with Crippen molar-refractivity contribution < 1.29 is 66.9 Å². The van der Waals surface area contributed by atoms with Crippen molar-refractivity contribution in [3.8, 4) is 10.3 Å². The summed E-state index contributed by atoms with van der Waals surface area (Å²) >= 11 is 13.2. The molecule has 0 spiro atoms. The van der Waals surface area contributed by atoms with E-state index in [0.29, 0.717) is 118 Å². The van der Waals surface area contributed by atoms with E-state index in [9.17, 15) is 28.8 Å². The van der Waals surface area contributed by atoms with E-state index in [0.717, 1.165) is 70.2 Å². The van der Waals surface area contributed by atoms with Crippen LogP contribution in [0.1, 0.15) is 126 Å². The molecule has 4 saturated heterocycles. The maximum atomic E-state index is 13.2. The van der Waals surface area contributed by atoms with Crippen LogP contribution in [-0.4, -0.2) is 185 Å². The number of fused-ring (bicyclic) bond motifs is 4. The molecule has 496 valence electrons. The first-order valence-electron chi connectivity index (χ1n) is 31.0. The zero-order valence-electron chi connectivity index (χ0n) is 53.1. The maximum Gasteiger partial charge on any atom is 0.497 e. The highest BCUT2D eigenvalue weighted by Gasteiger charge is 2.52. The van der Waals surface area contributed by atoms with Crippen LogP contribution in [0.15, 0.2) is 113 Å². The fraction of sp³-hybridized carbons (Fsp3) is 0.353. The Hall–Kier alpha value is -7.18. The van der Waals surface area contributed by atoms with Gasteiger partial charge in [0.1, 0.15) is 0 Å². The van der Waals surface area contributed by atoms with Gasteiger partial charge in [-0.2, -0.15) is 0 Å². The Kier molecular flexibility index (Phi) is 21.9. The summed E-state index contributed by atoms with van der Waals surface area (Å²) in [4.78, 5) is 87.5. The van der Waals surface area contributed by atoms with Crippen molar-refractivity contribution >= 4 is 149 Å². The third kappa shape index (κ3) is 15.3. The van der Waals surface area contributed by atoms with Crippen molar-refractivity contribution in [1.82, 2.24) is 33.8 Å². The molecule has 0 saturated carbocycles. The number of rotatable bonds is 11. The van der Waals surface area contributed by atoms with Crippen LogP contribution in [0.25, 0.3) is 41.0 Å². The number of amides is 3. The van der Waals surface area contributed by atoms with Crippen LogP contribution in [0.2, 0.25) is 0 Å². The first-order chi connectivity index (χ1) is 45.6. The number of allylic oxidation sites excluding steroid dienone is 2. The van der Waals surface area contributed by atoms with Gasteiger partial charge in [0, 0.05) is 109 Å². The van der Waals surface area contributed by atoms with E-state index in [1.165, 1.54) is 33.8 Å². The number of aromatic nitrogens is 4. The summed E-state index contributed by atoms with van der Waals surface area (Å²) < 4.78 is 45.6. The van der Waals surface area contributed by atoms with Crippen molar-refractivity contribution in [3.05, 3.63) is 168 Å². The van der Waals surface area contributed by atoms with Crippen LogP contribution >= 0.6 is 70.5 Å². The molecule has 14 rings (SSSR count). The van der Waals surface area contributed by atoms with Crippen molar-refractivity contribution in [1.29, 1.82) is 0 Å². The lowest BCUT2D eigenvalue weighted by molar-refractivity contribution is 0.00578. The van der Waals surface area contributed by atoms with E-state index >= 15 is 0 Å². The van der Waals surface area contributed by atoms with Gasteiger partial charge in [0.05, 0.1) is 80.7 Å². The highest BCUT2D eigenvalue weighted by atomic mass is 79.9. The lowest BCUT2D eigenvalue weighted by Gasteiger charge is -2.32. The Bertz CT molecular complexity index is 4300. The van der Waals surface area contributed by atoms with Gasteiger partial charge in [-0.1, -0.05) is 56.1 Å². The van der Waals surface area contributed by atoms with E-state index in [4.69, 9.17) is 38.1 Å². The molecule has 6 aliphatic rings. The number of morpholine rings is 3. The smallest absolute Gasteiger partial charge is 0.478 e. The zero-order valence-corrected chi connectivity index (χ0v) is 59.5. The highest BCUT2D eigenvalue weighted by Crippen LogP contribution is 2.39. The van der Waals surface area contributed by atoms with Gasteiger partial charge in [-0.25, -0.2) is 24.4 Å². The SMILES string of the molecule is CCOC(=O)c1csc(-n2cc(B3OC(C)(C)C(C)(C)O3)c3cc(C(=O)N4CCOCC4)ccc32)n1.CCOC(=O)c1csc(-n2cc(Br)c3cc(C(=O)N4CCOCC4)ccc32)n1.O=C(O)c1ccc2c(c1)C(Br)=CC2.O=C(c1ccc2c(c1)C(Br)=CC2)N1CCOCC1. The molecule has 4 aliphatic heterocycles. The van der Waals surface area contributed by atoms with Crippen LogP contribution in [0, 0.1) is 0 Å². The Morgan fingerprint density at radius 1 is 0.547 bits per heavy atom. The molecule has 95 heavy (non-hydrogen) atoms. The second-order valence-electron chi connectivity index (χ2n) is 23.6. The second-order valence-corrected chi connectivity index (χ2v) is 27.8. The number of esters is 2. The summed E-state index contributed by atoms with van der Waals surface area (Å²) in [6.45, 7) is 19.4. The fourth-order valence-corrected chi connectivity index (χ4v) is 14.4. The van der Waals surface area contributed by atoms with Crippen LogP contribution in [0.4, 0.5) is 0 Å². The maximum absolute atomic E-state index is 13.2. The fourth-order valence-electron chi connectivity index (χ4n) is 11.2. The highest BCUT2D eigenvalue weighted by molar-refractivity contribution is 9.15. The van der Waals surface area contributed by atoms with Gasteiger partial charge in [0.2, 0.25) is 0 Å². The molecule has 0 bridgehead atoms. The van der Waals surface area contributed by atoms with Gasteiger partial charge in [-0.3, -0.25) is 23.5 Å². The van der Waals surface area contributed by atoms with Crippen LogP contribution in [0.5, 0.6) is 0 Å². The topological polar surface area (TPSA) is 233 Å². The first kappa shape index (κ1) is 69.2. The second kappa shape index (κ2) is 30.1. The van der Waals surface area contributed by atoms with Gasteiger partial charge in [0.25, 0.3) is 17.7 Å². The predicted octanol–water partition coefficient (Wildman–Crippen LogP) is 11.7. The number of nitrogens with zero attached hydrogens (tertiary/aromatic N) is 7. The molecule has 4 fully saturated rings. The van der Waals surface area contributed by atoms with Gasteiger partial charge in [0.15, 0.2) is 21.7 Å². The van der Waals surface area contributed by atoms with Gasteiger partial charge >= 0.3 is 25.0 Å². The molecule has 21 nitrogen and oxygen atoms in total. The summed E-state index contributed by atoms with van der Waals surface area (Å²) in [5, 5.41) is 15.1. The average molecular weight is 1520 g/mol. The molecule has 0 radical (unpaired) electrons. The minimum absolute atomic E-state index is 0.00342. The normalized spacial score (nSPS) is 16.9. The van der Waals surface area contributed by atoms with Gasteiger partial charge in [-0.05, 0) is 153 Å². The summed E-state index contributed by atoms with van der Waals surface area (Å²) in [6.07, 6.45) is 9.81. The number of carboxylic acids is 1. The molecule has 27 heteroatoms. The van der Waals surface area contributed by atoms with Crippen LogP contribution in [-0.2, 0) is 45.8 Å². The lowest BCUT2D eigenvalue weighted by atomic mass is 9.78. The molecule has 8 heterocycles. The number of thiazole rings is 2. The Morgan fingerprint density at radius 2 is 0.937 bits per heavy atom. The van der Waals surface area contributed by atoms with Crippen molar-refractivity contribution in [3.63, 3.8) is 0 Å². The summed E-state index contributed by atoms with van der Waals surface area (Å²) in [6, 6.07) is 22.4. The van der Waals surface area contributed by atoms with E-state index in [-0.39, 0.29) is 30.0 Å². The Labute approximate surface area is 582 Å². The summed E-state index contributed by atoms with van der Waals surface area (Å²) in [5.41, 5.74) is 8.97. The number of hydrogen-bond acceptors (Lipinski definition) is 17. The Balaban J connectivity index is 0.000000137. The number of carbonyl (C=O) groups excluding carboxylic acids is 5. The molecular weight excluding hydrogens is 1450 g/mol. The molecule has 8 aromatic rings. The molecule has 0 atom stereocenters. The van der Waals surface area contributed by atoms with Gasteiger partial charge < -0.3 is 52.8 Å². The molecule has 0 unspecified atom stereocenters. The average Bonchev–Trinajstić information content (AvgIpc) is 1.60. The number of carboxylic acid groups (broad SMARTS) is 1. The summed E-state index contributed by atoms with van der Waals surface area (Å²) in [7, 11) is -0.628. The van der Waals surface area contributed by atoms with E-state index < -0.39 is 36.2 Å². The van der Waals surface area contributed by atoms with Crippen LogP contribution < -0.4 is 5.46 Å². The number of hydrogen-bond donors (Lipinski definition) is 1. The summed E-state index contributed by atoms with van der Waals surface area (Å²) in [5.74, 6) is -1.70. The number of halogens is 3. The Morgan fingerprint density at radius 3 is 1.38 bits per heavy atom. The van der Waals surface area contributed by atoms with Crippen molar-refractivity contribution in [2.45, 2.75) is 65.6 Å². The van der Waals surface area contributed by atoms with E-state index in [2.05, 4.69) is 63.8 Å². The first-order valence-corrected chi connectivity index (χ1v) is 35.2. The number of carbonyl (C=O) groups is 6. The number of ether oxygens (including phenoxy) is 5. The minimum Gasteiger partial charge on any atom is -0.478 e. The van der Waals surface area contributed by atoms with E-state index in [1.54, 1.807) is 36.7 Å². The lowest BCUT2D eigenvalue weighted by Crippen LogP contribution is -2.41. The number of benzene rings is 4. The quantitative estimate of drug-likeness (QED) is 0.0937. The zero-order chi connectivity index (χ0) is 67.3. The minimum atomic E-state index is -0.880. The van der Waals surface area contributed by atoms with Crippen molar-refractivity contribution in [2.24, 2.45) is 0 Å². The van der Waals surface area contributed by atoms with E-state index in [1.807, 2.05) is 131 Å². The standard InChI is InChI=1S/C25H30BN3O6S.C19H18BrN3O4S.C14H14BrNO2.C10H7BrO2/c1-6-33-22(31)19-15-36-23(27-19)29-14-18(26-34-24(2,3)25(4,5)35-26)17-13-16(7-8-20(17)29)21(30)28-9-11-32-12-10-28;1-2-27-18(25)15-11-28-19(21-15)23-10-14(20)13-9-12(3-4-16(13)23)17(24)22-5-7-26-8-6-22;15-13-4-3-10-1-2-11(9-12(10)13)14(17)16-5-7-18-8-6-16;11-9-4-3-6-1-2-7(10(12)13)5-8(6)9/h7-8,13-15H,6,9-12H2,1-5H3;3-4,9-11H,2,5-8H2,1H3;1-2,4,9H,3,5-8H2;1-2,4-5H,3H2,(H,12,13). The third-order valence-electron chi connectivity index (χ3n) is 17.1. The third-order valence-corrected chi connectivity index (χ3v) is 20.9. The number of aromatic carboxylic acids is 1. The largest absolute Gasteiger partial charge is 0.497 e. The molecule has 4 aromatic carbocycles. The van der Waals surface area contributed by atoms with Crippen LogP contribution in [0.3, 0.4) is 0 Å². The molecule has 4 aromatic heterocycles. The monoisotopic (exact) mass is 1520 g/mol. The molecular formula is C68H69BBr3N7O14S2. The van der Waals surface area contributed by atoms with Gasteiger partial charge in [-0.15, -0.1) is 22.7 Å². The predicted molar refractivity (Wildman–Crippen MR) is 374 cm³/mol. The molecule has 2 aliphatic carbocycles. The van der Waals surface area contributed by atoms with Crippen molar-refractivity contribution in [2.75, 3.05) is 92.1 Å².